The zero-order chi connectivity index (χ0) is 6.62. The summed E-state index contributed by atoms with van der Waals surface area (Å²) in [6.07, 6.45) is 4.37. The first kappa shape index (κ1) is 11.5. The Hall–Kier alpha value is -0.260. The van der Waals surface area contributed by atoms with Crippen molar-refractivity contribution >= 4 is 0 Å². The van der Waals surface area contributed by atoms with Crippen molar-refractivity contribution in [1.82, 2.24) is 0 Å². The van der Waals surface area contributed by atoms with Crippen molar-refractivity contribution in [3.05, 3.63) is 12.7 Å². The summed E-state index contributed by atoms with van der Waals surface area (Å²) in [5.41, 5.74) is 0.480. The minimum Gasteiger partial charge on any atom is -0.103 e. The van der Waals surface area contributed by atoms with Gasteiger partial charge >= 0.3 is 0 Å². The lowest BCUT2D eigenvalue weighted by atomic mass is 9.91. The van der Waals surface area contributed by atoms with Crippen molar-refractivity contribution in [1.29, 1.82) is 0 Å². The third-order valence-corrected chi connectivity index (χ3v) is 1.10. The fraction of sp³-hybridized carbons (Fsp3) is 0.778. The van der Waals surface area contributed by atoms with Crippen LogP contribution in [0.3, 0.4) is 0 Å². The highest BCUT2D eigenvalue weighted by atomic mass is 14.1. The zero-order valence-corrected chi connectivity index (χ0v) is 6.20. The number of rotatable bonds is 2. The van der Waals surface area contributed by atoms with Gasteiger partial charge in [0.15, 0.2) is 0 Å². The van der Waals surface area contributed by atoms with Gasteiger partial charge in [-0.05, 0) is 18.3 Å². The van der Waals surface area contributed by atoms with Crippen LogP contribution < -0.4 is 0 Å². The standard InChI is InChI=1S/C8H16.CH4/c1-5-6-7-8(2,3)4;/h5H,1,6-7H2,2-4H3;1H4. The van der Waals surface area contributed by atoms with Gasteiger partial charge in [-0.2, -0.15) is 0 Å². The fourth-order valence-corrected chi connectivity index (χ4v) is 0.535. The van der Waals surface area contributed by atoms with Crippen molar-refractivity contribution < 1.29 is 0 Å². The molecule has 0 aliphatic carbocycles. The van der Waals surface area contributed by atoms with E-state index in [-0.39, 0.29) is 7.43 Å². The molecule has 0 radical (unpaired) electrons. The van der Waals surface area contributed by atoms with Crippen molar-refractivity contribution in [2.24, 2.45) is 5.41 Å². The molecule has 0 amide bonds. The van der Waals surface area contributed by atoms with E-state index in [0.29, 0.717) is 5.41 Å². The third kappa shape index (κ3) is 11.4. The number of hydrogen-bond donors (Lipinski definition) is 0. The SMILES string of the molecule is C.C=CCCC(C)(C)C. The van der Waals surface area contributed by atoms with Crippen LogP contribution in [0.1, 0.15) is 41.0 Å². The second-order valence-corrected chi connectivity index (χ2v) is 3.39. The molecule has 0 aromatic carbocycles. The Bertz CT molecular complexity index is 64.6. The summed E-state index contributed by atoms with van der Waals surface area (Å²) < 4.78 is 0. The highest BCUT2D eigenvalue weighted by Gasteiger charge is 2.06. The maximum Gasteiger partial charge on any atom is -0.0348 e. The van der Waals surface area contributed by atoms with Gasteiger partial charge < -0.3 is 0 Å². The molecule has 0 aliphatic heterocycles. The topological polar surface area (TPSA) is 0 Å². The third-order valence-electron chi connectivity index (χ3n) is 1.10. The molecule has 9 heavy (non-hydrogen) atoms. The Kier molecular flexibility index (Phi) is 5.89. The molecule has 0 aromatic rings. The van der Waals surface area contributed by atoms with Gasteiger partial charge in [-0.15, -0.1) is 6.58 Å². The summed E-state index contributed by atoms with van der Waals surface area (Å²) in [5.74, 6) is 0. The highest BCUT2D eigenvalue weighted by Crippen LogP contribution is 2.20. The molecule has 0 saturated heterocycles. The van der Waals surface area contributed by atoms with Gasteiger partial charge in [0.05, 0.1) is 0 Å². The number of allylic oxidation sites excluding steroid dienone is 1. The molecule has 0 aliphatic rings. The van der Waals surface area contributed by atoms with E-state index in [1.165, 1.54) is 6.42 Å². The molecule has 0 saturated carbocycles. The average molecular weight is 128 g/mol. The summed E-state index contributed by atoms with van der Waals surface area (Å²) in [4.78, 5) is 0. The van der Waals surface area contributed by atoms with Crippen LogP contribution in [0.2, 0.25) is 0 Å². The van der Waals surface area contributed by atoms with Crippen LogP contribution >= 0.6 is 0 Å². The van der Waals surface area contributed by atoms with E-state index in [9.17, 15) is 0 Å². The molecule has 0 heterocycles. The molecule has 0 N–H and O–H groups in total. The molecule has 56 valence electrons. The van der Waals surface area contributed by atoms with Gasteiger partial charge in [0.25, 0.3) is 0 Å². The molecular weight excluding hydrogens is 108 g/mol. The van der Waals surface area contributed by atoms with E-state index >= 15 is 0 Å². The summed E-state index contributed by atoms with van der Waals surface area (Å²) in [6, 6.07) is 0. The van der Waals surface area contributed by atoms with Crippen molar-refractivity contribution in [3.8, 4) is 0 Å². The van der Waals surface area contributed by atoms with Gasteiger partial charge in [-0.1, -0.05) is 34.3 Å². The Morgan fingerprint density at radius 3 is 1.89 bits per heavy atom. The van der Waals surface area contributed by atoms with E-state index in [4.69, 9.17) is 0 Å². The van der Waals surface area contributed by atoms with Gasteiger partial charge in [0.1, 0.15) is 0 Å². The Balaban J connectivity index is 0. The largest absolute Gasteiger partial charge is 0.103 e. The van der Waals surface area contributed by atoms with Crippen LogP contribution in [0.5, 0.6) is 0 Å². The first-order chi connectivity index (χ1) is 3.56. The summed E-state index contributed by atoms with van der Waals surface area (Å²) in [5, 5.41) is 0. The monoisotopic (exact) mass is 128 g/mol. The molecule has 0 unspecified atom stereocenters. The predicted molar refractivity (Wildman–Crippen MR) is 45.6 cm³/mol. The number of hydrogen-bond acceptors (Lipinski definition) is 0. The minimum absolute atomic E-state index is 0. The summed E-state index contributed by atoms with van der Waals surface area (Å²) in [7, 11) is 0. The average Bonchev–Trinajstić information content (AvgIpc) is 1.59. The molecule has 0 heteroatoms. The normalized spacial score (nSPS) is 10.1. The highest BCUT2D eigenvalue weighted by molar-refractivity contribution is 4.71. The first-order valence-electron chi connectivity index (χ1n) is 3.17. The lowest BCUT2D eigenvalue weighted by Crippen LogP contribution is -2.02. The van der Waals surface area contributed by atoms with E-state index in [0.717, 1.165) is 6.42 Å². The van der Waals surface area contributed by atoms with E-state index in [2.05, 4.69) is 27.4 Å². The molecule has 0 rings (SSSR count). The van der Waals surface area contributed by atoms with Gasteiger partial charge in [-0.3, -0.25) is 0 Å². The van der Waals surface area contributed by atoms with Gasteiger partial charge in [0, 0.05) is 0 Å². The summed E-state index contributed by atoms with van der Waals surface area (Å²) >= 11 is 0. The molecule has 0 aromatic heterocycles. The van der Waals surface area contributed by atoms with Crippen LogP contribution in [0.15, 0.2) is 12.7 Å². The van der Waals surface area contributed by atoms with E-state index < -0.39 is 0 Å². The van der Waals surface area contributed by atoms with Crippen LogP contribution in [0, 0.1) is 5.41 Å². The Morgan fingerprint density at radius 2 is 1.78 bits per heavy atom. The first-order valence-corrected chi connectivity index (χ1v) is 3.17. The maximum atomic E-state index is 3.66. The zero-order valence-electron chi connectivity index (χ0n) is 6.20. The van der Waals surface area contributed by atoms with Gasteiger partial charge in [-0.25, -0.2) is 0 Å². The van der Waals surface area contributed by atoms with Crippen LogP contribution in [0.4, 0.5) is 0 Å². The lowest BCUT2D eigenvalue weighted by molar-refractivity contribution is 0.381. The van der Waals surface area contributed by atoms with Crippen LogP contribution in [-0.2, 0) is 0 Å². The van der Waals surface area contributed by atoms with Crippen molar-refractivity contribution in [3.63, 3.8) is 0 Å². The van der Waals surface area contributed by atoms with E-state index in [1.54, 1.807) is 0 Å². The predicted octanol–water partition coefficient (Wildman–Crippen LogP) is 3.63. The van der Waals surface area contributed by atoms with Gasteiger partial charge in [0.2, 0.25) is 0 Å². The lowest BCUT2D eigenvalue weighted by Gasteiger charge is -2.15. The summed E-state index contributed by atoms with van der Waals surface area (Å²) in [6.45, 7) is 10.4. The molecule has 0 fully saturated rings. The Labute approximate surface area is 60.0 Å². The molecular formula is C9H20. The minimum atomic E-state index is 0. The fourth-order valence-electron chi connectivity index (χ4n) is 0.535. The van der Waals surface area contributed by atoms with Crippen molar-refractivity contribution in [2.45, 2.75) is 41.0 Å². The smallest absolute Gasteiger partial charge is 0.0348 e. The van der Waals surface area contributed by atoms with Crippen LogP contribution in [0.25, 0.3) is 0 Å². The van der Waals surface area contributed by atoms with Crippen LogP contribution in [-0.4, -0.2) is 0 Å². The quantitative estimate of drug-likeness (QED) is 0.498. The molecule has 0 nitrogen and oxygen atoms in total. The van der Waals surface area contributed by atoms with Crippen molar-refractivity contribution in [2.75, 3.05) is 0 Å². The van der Waals surface area contributed by atoms with E-state index in [1.807, 2.05) is 6.08 Å². The maximum absolute atomic E-state index is 3.66. The Morgan fingerprint density at radius 1 is 1.33 bits per heavy atom. The second-order valence-electron chi connectivity index (χ2n) is 3.39. The molecule has 0 bridgehead atoms. The molecule has 0 atom stereocenters. The second kappa shape index (κ2) is 4.60. The molecule has 0 spiro atoms.